The van der Waals surface area contributed by atoms with Crippen LogP contribution in [0.25, 0.3) is 0 Å². The van der Waals surface area contributed by atoms with Gasteiger partial charge in [0.05, 0.1) is 24.3 Å². The van der Waals surface area contributed by atoms with Crippen LogP contribution < -0.4 is 10.1 Å². The number of hydrogen-bond acceptors (Lipinski definition) is 4. The van der Waals surface area contributed by atoms with Crippen molar-refractivity contribution in [3.63, 3.8) is 0 Å². The summed E-state index contributed by atoms with van der Waals surface area (Å²) in [6.07, 6.45) is 2.56. The molecule has 8 heteroatoms. The molecule has 1 unspecified atom stereocenters. The second-order valence-electron chi connectivity index (χ2n) is 6.99. The number of fused-ring (bicyclic) bond motifs is 1. The molecule has 3 rings (SSSR count). The van der Waals surface area contributed by atoms with Gasteiger partial charge in [0.2, 0.25) is 5.91 Å². The first-order valence-corrected chi connectivity index (χ1v) is 8.87. The zero-order chi connectivity index (χ0) is 18.2. The molecule has 0 bridgehead atoms. The lowest BCUT2D eigenvalue weighted by molar-refractivity contribution is -0.149. The predicted molar refractivity (Wildman–Crippen MR) is 102 cm³/mol. The molecule has 1 heterocycles. The van der Waals surface area contributed by atoms with E-state index in [-0.39, 0.29) is 24.2 Å². The molecule has 6 nitrogen and oxygen atoms in total. The molecule has 1 aromatic carbocycles. The van der Waals surface area contributed by atoms with E-state index in [9.17, 15) is 14.7 Å². The SMILES string of the molecule is COc1ccc(Cl)cc1NC(=O)C(C)N1C[C@@H]2CCC[C@@]2(C(=O)O)C1.Cl. The third kappa shape index (κ3) is 3.63. The summed E-state index contributed by atoms with van der Waals surface area (Å²) in [7, 11) is 1.53. The van der Waals surface area contributed by atoms with Crippen molar-refractivity contribution in [1.29, 1.82) is 0 Å². The number of benzene rings is 1. The van der Waals surface area contributed by atoms with E-state index in [4.69, 9.17) is 16.3 Å². The van der Waals surface area contributed by atoms with Crippen LogP contribution in [-0.4, -0.2) is 48.1 Å². The summed E-state index contributed by atoms with van der Waals surface area (Å²) in [5.41, 5.74) is -0.179. The van der Waals surface area contributed by atoms with Gasteiger partial charge in [-0.15, -0.1) is 12.4 Å². The average molecular weight is 403 g/mol. The van der Waals surface area contributed by atoms with Crippen molar-refractivity contribution < 1.29 is 19.4 Å². The lowest BCUT2D eigenvalue weighted by Crippen LogP contribution is -2.43. The number of halogens is 2. The Labute approximate surface area is 164 Å². The van der Waals surface area contributed by atoms with Gasteiger partial charge in [-0.1, -0.05) is 18.0 Å². The fourth-order valence-electron chi connectivity index (χ4n) is 4.15. The summed E-state index contributed by atoms with van der Waals surface area (Å²) in [5, 5.41) is 13.0. The summed E-state index contributed by atoms with van der Waals surface area (Å²) >= 11 is 6.00. The molecule has 1 amide bonds. The van der Waals surface area contributed by atoms with Gasteiger partial charge in [0.25, 0.3) is 0 Å². The van der Waals surface area contributed by atoms with Crippen LogP contribution in [-0.2, 0) is 9.59 Å². The molecule has 0 radical (unpaired) electrons. The van der Waals surface area contributed by atoms with Crippen LogP contribution in [0.1, 0.15) is 26.2 Å². The minimum atomic E-state index is -0.735. The van der Waals surface area contributed by atoms with Gasteiger partial charge >= 0.3 is 5.97 Å². The van der Waals surface area contributed by atoms with E-state index < -0.39 is 17.4 Å². The molecular formula is C18H24Cl2N2O4. The first kappa shape index (κ1) is 20.8. The van der Waals surface area contributed by atoms with E-state index in [1.807, 2.05) is 11.8 Å². The van der Waals surface area contributed by atoms with Crippen LogP contribution in [0.15, 0.2) is 18.2 Å². The summed E-state index contributed by atoms with van der Waals surface area (Å²) < 4.78 is 5.25. The van der Waals surface area contributed by atoms with Gasteiger partial charge in [0.15, 0.2) is 0 Å². The number of aliphatic carboxylic acids is 1. The quantitative estimate of drug-likeness (QED) is 0.789. The van der Waals surface area contributed by atoms with E-state index in [0.717, 1.165) is 12.8 Å². The second kappa shape index (κ2) is 8.03. The molecule has 3 atom stereocenters. The van der Waals surface area contributed by atoms with Crippen molar-refractivity contribution in [2.45, 2.75) is 32.2 Å². The van der Waals surface area contributed by atoms with Crippen LogP contribution in [0, 0.1) is 11.3 Å². The minimum Gasteiger partial charge on any atom is -0.495 e. The fraction of sp³-hybridized carbons (Fsp3) is 0.556. The average Bonchev–Trinajstić information content (AvgIpc) is 3.12. The number of nitrogens with zero attached hydrogens (tertiary/aromatic N) is 1. The number of carbonyl (C=O) groups is 2. The number of carboxylic acid groups (broad SMARTS) is 1. The monoisotopic (exact) mass is 402 g/mol. The number of methoxy groups -OCH3 is 1. The van der Waals surface area contributed by atoms with E-state index in [1.54, 1.807) is 18.2 Å². The molecule has 2 aliphatic rings. The van der Waals surface area contributed by atoms with Crippen molar-refractivity contribution in [3.05, 3.63) is 23.2 Å². The van der Waals surface area contributed by atoms with Gasteiger partial charge < -0.3 is 15.2 Å². The third-order valence-electron chi connectivity index (χ3n) is 5.67. The standard InChI is InChI=1S/C18H23ClN2O4.ClH/c1-11(16(22)20-14-8-13(19)5-6-15(14)25-2)21-9-12-4-3-7-18(12,10-21)17(23)24;/h5-6,8,11-12H,3-4,7,9-10H2,1-2H3,(H,20,22)(H,23,24);1H/t11?,12-,18+;/m0./s1. The topological polar surface area (TPSA) is 78.9 Å². The Bertz CT molecular complexity index is 700. The Morgan fingerprint density at radius 2 is 2.19 bits per heavy atom. The number of carbonyl (C=O) groups excluding carboxylic acids is 1. The van der Waals surface area contributed by atoms with E-state index in [2.05, 4.69) is 5.32 Å². The molecule has 2 N–H and O–H groups in total. The molecular weight excluding hydrogens is 379 g/mol. The van der Waals surface area contributed by atoms with Crippen LogP contribution >= 0.6 is 24.0 Å². The van der Waals surface area contributed by atoms with Crippen LogP contribution in [0.4, 0.5) is 5.69 Å². The molecule has 1 aliphatic carbocycles. The van der Waals surface area contributed by atoms with E-state index in [1.165, 1.54) is 7.11 Å². The van der Waals surface area contributed by atoms with Crippen LogP contribution in [0.3, 0.4) is 0 Å². The number of anilines is 1. The van der Waals surface area contributed by atoms with Gasteiger partial charge in [0, 0.05) is 18.1 Å². The molecule has 26 heavy (non-hydrogen) atoms. The zero-order valence-corrected chi connectivity index (χ0v) is 16.4. The maximum atomic E-state index is 12.7. The van der Waals surface area contributed by atoms with Gasteiger partial charge in [-0.05, 0) is 43.9 Å². The van der Waals surface area contributed by atoms with Crippen molar-refractivity contribution in [2.75, 3.05) is 25.5 Å². The number of nitrogens with one attached hydrogen (secondary N) is 1. The lowest BCUT2D eigenvalue weighted by atomic mass is 9.81. The number of carboxylic acids is 1. The summed E-state index contributed by atoms with van der Waals surface area (Å²) in [6, 6.07) is 4.60. The molecule has 144 valence electrons. The predicted octanol–water partition coefficient (Wildman–Crippen LogP) is 3.28. The fourth-order valence-corrected chi connectivity index (χ4v) is 4.33. The molecule has 1 aliphatic heterocycles. The van der Waals surface area contributed by atoms with E-state index >= 15 is 0 Å². The highest BCUT2D eigenvalue weighted by atomic mass is 35.5. The van der Waals surface area contributed by atoms with Gasteiger partial charge in [0.1, 0.15) is 5.75 Å². The largest absolute Gasteiger partial charge is 0.495 e. The molecule has 2 fully saturated rings. The first-order chi connectivity index (χ1) is 11.9. The lowest BCUT2D eigenvalue weighted by Gasteiger charge is -2.26. The number of amides is 1. The normalized spacial score (nSPS) is 25.9. The van der Waals surface area contributed by atoms with Gasteiger partial charge in [-0.3, -0.25) is 14.5 Å². The molecule has 1 aromatic rings. The highest BCUT2D eigenvalue weighted by Crippen LogP contribution is 2.49. The Balaban J connectivity index is 0.00000243. The summed E-state index contributed by atoms with van der Waals surface area (Å²) in [6.45, 7) is 2.88. The number of likely N-dealkylation sites (tertiary alicyclic amines) is 1. The Morgan fingerprint density at radius 3 is 2.81 bits per heavy atom. The Kier molecular flexibility index (Phi) is 6.42. The second-order valence-corrected chi connectivity index (χ2v) is 7.43. The van der Waals surface area contributed by atoms with Crippen molar-refractivity contribution in [1.82, 2.24) is 4.90 Å². The van der Waals surface area contributed by atoms with Crippen molar-refractivity contribution in [2.24, 2.45) is 11.3 Å². The van der Waals surface area contributed by atoms with E-state index in [0.29, 0.717) is 36.0 Å². The molecule has 1 saturated heterocycles. The summed E-state index contributed by atoms with van der Waals surface area (Å²) in [4.78, 5) is 26.4. The van der Waals surface area contributed by atoms with Crippen LogP contribution in [0.2, 0.25) is 5.02 Å². The highest BCUT2D eigenvalue weighted by molar-refractivity contribution is 6.31. The van der Waals surface area contributed by atoms with Gasteiger partial charge in [-0.25, -0.2) is 0 Å². The van der Waals surface area contributed by atoms with Crippen molar-refractivity contribution >= 4 is 41.6 Å². The third-order valence-corrected chi connectivity index (χ3v) is 5.90. The maximum absolute atomic E-state index is 12.7. The Morgan fingerprint density at radius 1 is 1.46 bits per heavy atom. The van der Waals surface area contributed by atoms with Crippen LogP contribution in [0.5, 0.6) is 5.75 Å². The zero-order valence-electron chi connectivity index (χ0n) is 14.8. The maximum Gasteiger partial charge on any atom is 0.311 e. The van der Waals surface area contributed by atoms with Gasteiger partial charge in [-0.2, -0.15) is 0 Å². The Hall–Kier alpha value is -1.50. The molecule has 0 aromatic heterocycles. The molecule has 0 spiro atoms. The summed E-state index contributed by atoms with van der Waals surface area (Å²) in [5.74, 6) is -0.270. The highest BCUT2D eigenvalue weighted by Gasteiger charge is 2.55. The number of hydrogen-bond donors (Lipinski definition) is 2. The molecule has 1 saturated carbocycles. The van der Waals surface area contributed by atoms with Crippen molar-refractivity contribution in [3.8, 4) is 5.75 Å². The first-order valence-electron chi connectivity index (χ1n) is 8.49. The number of ether oxygens (including phenoxy) is 1. The minimum absolute atomic E-state index is 0. The number of rotatable bonds is 5. The smallest absolute Gasteiger partial charge is 0.311 e.